The topological polar surface area (TPSA) is 118 Å². The zero-order valence-electron chi connectivity index (χ0n) is 9.65. The van der Waals surface area contributed by atoms with Crippen molar-refractivity contribution in [3.8, 4) is 0 Å². The molecule has 0 aliphatic heterocycles. The Hall–Kier alpha value is -0.490. The number of amides is 1. The van der Waals surface area contributed by atoms with Crippen molar-refractivity contribution < 1.29 is 26.2 Å². The number of nitrogens with one attached hydrogen (secondary N) is 1. The molecule has 0 bridgehead atoms. The van der Waals surface area contributed by atoms with Crippen LogP contribution in [0.3, 0.4) is 0 Å². The molecule has 20 heavy (non-hydrogen) atoms. The highest BCUT2D eigenvalue weighted by Gasteiger charge is 2.23. The van der Waals surface area contributed by atoms with Crippen LogP contribution in [-0.4, -0.2) is 36.2 Å². The molecule has 0 atom stereocenters. The van der Waals surface area contributed by atoms with E-state index in [0.717, 1.165) is 6.07 Å². The fourth-order valence-electron chi connectivity index (χ4n) is 1.18. The summed E-state index contributed by atoms with van der Waals surface area (Å²) in [7, 11) is -8.03. The lowest BCUT2D eigenvalue weighted by molar-refractivity contribution is 0.0958. The Morgan fingerprint density at radius 1 is 1.25 bits per heavy atom. The molecular formula is C9H9Br2NO6S2. The van der Waals surface area contributed by atoms with E-state index in [1.165, 1.54) is 18.2 Å². The van der Waals surface area contributed by atoms with E-state index in [4.69, 9.17) is 4.55 Å². The number of benzene rings is 1. The zero-order chi connectivity index (χ0) is 15.6. The Balaban J connectivity index is 3.03. The average Bonchev–Trinajstić information content (AvgIpc) is 2.35. The molecule has 0 radical (unpaired) electrons. The minimum absolute atomic E-state index is 0.0459. The van der Waals surface area contributed by atoms with Crippen LogP contribution in [0.4, 0.5) is 0 Å². The molecule has 2 N–H and O–H groups in total. The summed E-state index contributed by atoms with van der Waals surface area (Å²) in [6.07, 6.45) is 0. The summed E-state index contributed by atoms with van der Waals surface area (Å²) in [5.74, 6) is -1.78. The fourth-order valence-corrected chi connectivity index (χ4v) is 3.55. The molecule has 112 valence electrons. The van der Waals surface area contributed by atoms with Gasteiger partial charge in [0.05, 0.1) is 4.90 Å². The van der Waals surface area contributed by atoms with Gasteiger partial charge in [-0.2, -0.15) is 8.42 Å². The van der Waals surface area contributed by atoms with Crippen molar-refractivity contribution in [2.45, 2.75) is 7.96 Å². The quantitative estimate of drug-likeness (QED) is 0.512. The van der Waals surface area contributed by atoms with Crippen LogP contribution in [0.25, 0.3) is 0 Å². The summed E-state index contributed by atoms with van der Waals surface area (Å²) in [5.41, 5.74) is -0.0459. The van der Waals surface area contributed by atoms with Gasteiger partial charge in [-0.15, -0.1) is 0 Å². The van der Waals surface area contributed by atoms with E-state index in [2.05, 4.69) is 31.9 Å². The van der Waals surface area contributed by atoms with Gasteiger partial charge in [-0.25, -0.2) is 8.42 Å². The molecule has 1 aromatic rings. The Labute approximate surface area is 132 Å². The lowest BCUT2D eigenvalue weighted by atomic mass is 10.2. The van der Waals surface area contributed by atoms with Crippen molar-refractivity contribution in [3.63, 3.8) is 0 Å². The number of hydrogen-bond acceptors (Lipinski definition) is 5. The lowest BCUT2D eigenvalue weighted by Gasteiger charge is -2.07. The van der Waals surface area contributed by atoms with E-state index in [1.54, 1.807) is 0 Å². The van der Waals surface area contributed by atoms with E-state index in [9.17, 15) is 21.6 Å². The lowest BCUT2D eigenvalue weighted by Crippen LogP contribution is -2.29. The van der Waals surface area contributed by atoms with Crippen molar-refractivity contribution in [1.82, 2.24) is 5.32 Å². The smallest absolute Gasteiger partial charge is 0.283 e. The second kappa shape index (κ2) is 6.52. The van der Waals surface area contributed by atoms with Crippen molar-refractivity contribution in [1.29, 1.82) is 0 Å². The molecule has 0 unspecified atom stereocenters. The number of alkyl halides is 2. The first-order chi connectivity index (χ1) is 9.04. The maximum Gasteiger partial charge on any atom is 0.283 e. The van der Waals surface area contributed by atoms with Crippen LogP contribution in [0.2, 0.25) is 0 Å². The van der Waals surface area contributed by atoms with Crippen LogP contribution in [0.15, 0.2) is 29.2 Å². The Kier molecular flexibility index (Phi) is 5.72. The van der Waals surface area contributed by atoms with Gasteiger partial charge in [0.1, 0.15) is 5.88 Å². The highest BCUT2D eigenvalue weighted by atomic mass is 79.9. The summed E-state index contributed by atoms with van der Waals surface area (Å²) >= 11 is 5.73. The molecule has 0 aromatic heterocycles. The predicted octanol–water partition coefficient (Wildman–Crippen LogP) is 1.11. The second-order valence-electron chi connectivity index (χ2n) is 3.57. The molecule has 1 aromatic carbocycles. The zero-order valence-corrected chi connectivity index (χ0v) is 14.5. The van der Waals surface area contributed by atoms with Gasteiger partial charge in [-0.05, 0) is 18.2 Å². The minimum atomic E-state index is -4.34. The molecule has 0 fully saturated rings. The van der Waals surface area contributed by atoms with Crippen LogP contribution in [0.1, 0.15) is 10.4 Å². The van der Waals surface area contributed by atoms with E-state index in [0.29, 0.717) is 0 Å². The molecule has 7 nitrogen and oxygen atoms in total. The van der Waals surface area contributed by atoms with Gasteiger partial charge < -0.3 is 5.32 Å². The summed E-state index contributed by atoms with van der Waals surface area (Å²) < 4.78 is 52.3. The van der Waals surface area contributed by atoms with Crippen LogP contribution in [-0.2, 0) is 20.0 Å². The fraction of sp³-hybridized carbons (Fsp3) is 0.222. The van der Waals surface area contributed by atoms with Crippen molar-refractivity contribution in [2.24, 2.45) is 0 Å². The number of carbonyl (C=O) groups is 1. The normalized spacial score (nSPS) is 12.4. The van der Waals surface area contributed by atoms with Gasteiger partial charge in [0.2, 0.25) is 9.84 Å². The van der Waals surface area contributed by atoms with E-state index in [1.807, 2.05) is 5.32 Å². The maximum atomic E-state index is 11.9. The van der Waals surface area contributed by atoms with Gasteiger partial charge >= 0.3 is 0 Å². The first-order valence-electron chi connectivity index (χ1n) is 4.89. The molecule has 1 rings (SSSR count). The van der Waals surface area contributed by atoms with Gasteiger partial charge in [0.15, 0.2) is 3.07 Å². The minimum Gasteiger partial charge on any atom is -0.336 e. The first kappa shape index (κ1) is 17.6. The van der Waals surface area contributed by atoms with Crippen LogP contribution in [0, 0.1) is 0 Å². The highest BCUT2D eigenvalue weighted by Crippen LogP contribution is 2.25. The molecule has 0 saturated heterocycles. The number of hydrogen-bond donors (Lipinski definition) is 2. The third kappa shape index (κ3) is 4.81. The Morgan fingerprint density at radius 2 is 1.85 bits per heavy atom. The molecule has 0 saturated carbocycles. The van der Waals surface area contributed by atoms with Crippen LogP contribution < -0.4 is 5.32 Å². The summed E-state index contributed by atoms with van der Waals surface area (Å²) in [6, 6.07) is 5.06. The van der Waals surface area contributed by atoms with E-state index >= 15 is 0 Å². The molecule has 1 amide bonds. The summed E-state index contributed by atoms with van der Waals surface area (Å²) in [5, 5.41) is 1.95. The molecule has 11 heteroatoms. The third-order valence-corrected chi connectivity index (χ3v) is 6.92. The summed E-state index contributed by atoms with van der Waals surface area (Å²) in [4.78, 5) is 11.5. The largest absolute Gasteiger partial charge is 0.336 e. The number of rotatable bonds is 5. The number of sulfone groups is 1. The summed E-state index contributed by atoms with van der Waals surface area (Å²) in [6.45, 7) is 0. The van der Waals surface area contributed by atoms with Gasteiger partial charge in [-0.3, -0.25) is 9.35 Å². The van der Waals surface area contributed by atoms with E-state index in [-0.39, 0.29) is 10.5 Å². The predicted molar refractivity (Wildman–Crippen MR) is 79.2 cm³/mol. The Morgan fingerprint density at radius 3 is 2.35 bits per heavy atom. The van der Waals surface area contributed by atoms with Crippen molar-refractivity contribution in [3.05, 3.63) is 29.8 Å². The molecule has 0 aliphatic carbocycles. The molecule has 0 aliphatic rings. The van der Waals surface area contributed by atoms with Gasteiger partial charge in [0, 0.05) is 5.56 Å². The maximum absolute atomic E-state index is 11.9. The highest BCUT2D eigenvalue weighted by molar-refractivity contribution is 9.27. The van der Waals surface area contributed by atoms with Crippen molar-refractivity contribution >= 4 is 57.7 Å². The first-order valence-corrected chi connectivity index (χ1v) is 9.88. The van der Waals surface area contributed by atoms with Gasteiger partial charge in [-0.1, -0.05) is 37.9 Å². The number of carbonyl (C=O) groups excluding carboxylic acids is 1. The van der Waals surface area contributed by atoms with E-state index < -0.39 is 34.8 Å². The standard InChI is InChI=1S/C9H9Br2NO6S2/c10-9(11)20(17,18)7-3-1-2-6(4-7)8(13)12-5-19(14,15)16/h1-4,9H,5H2,(H,12,13)(H,14,15,16). The number of halogens is 2. The molecule has 0 heterocycles. The van der Waals surface area contributed by atoms with Crippen LogP contribution >= 0.6 is 31.9 Å². The molecular weight excluding hydrogens is 442 g/mol. The second-order valence-corrected chi connectivity index (χ2v) is 11.3. The Bertz CT molecular complexity index is 714. The SMILES string of the molecule is O=C(NCS(=O)(=O)O)c1cccc(S(=O)(=O)C(Br)Br)c1. The molecule has 0 spiro atoms. The average molecular weight is 451 g/mol. The monoisotopic (exact) mass is 449 g/mol. The van der Waals surface area contributed by atoms with Gasteiger partial charge in [0.25, 0.3) is 16.0 Å². The van der Waals surface area contributed by atoms with Crippen LogP contribution in [0.5, 0.6) is 0 Å². The third-order valence-electron chi connectivity index (χ3n) is 2.07. The van der Waals surface area contributed by atoms with Crippen molar-refractivity contribution in [2.75, 3.05) is 5.88 Å².